The van der Waals surface area contributed by atoms with Crippen LogP contribution in [0.2, 0.25) is 0 Å². The van der Waals surface area contributed by atoms with Gasteiger partial charge in [0.25, 0.3) is 0 Å². The Hall–Kier alpha value is -3.06. The van der Waals surface area contributed by atoms with E-state index in [1.165, 1.54) is 17.0 Å². The first-order valence-electron chi connectivity index (χ1n) is 14.7. The monoisotopic (exact) mass is 595 g/mol. The van der Waals surface area contributed by atoms with Crippen LogP contribution >= 0.6 is 11.8 Å². The lowest BCUT2D eigenvalue weighted by atomic mass is 9.98. The van der Waals surface area contributed by atoms with Gasteiger partial charge in [0.15, 0.2) is 0 Å². The van der Waals surface area contributed by atoms with Crippen LogP contribution in [0.25, 0.3) is 0 Å². The van der Waals surface area contributed by atoms with E-state index < -0.39 is 24.0 Å². The summed E-state index contributed by atoms with van der Waals surface area (Å²) >= 11 is 1.61. The molecule has 1 heterocycles. The van der Waals surface area contributed by atoms with E-state index in [0.717, 1.165) is 36.8 Å². The molecule has 0 aromatic heterocycles. The molecule has 3 atom stereocenters. The summed E-state index contributed by atoms with van der Waals surface area (Å²) < 4.78 is 20.4. The third-order valence-electron chi connectivity index (χ3n) is 8.22. The molecule has 0 radical (unpaired) electrons. The van der Waals surface area contributed by atoms with Gasteiger partial charge in [0.1, 0.15) is 17.6 Å². The number of terminal acetylenes is 1. The summed E-state index contributed by atoms with van der Waals surface area (Å²) in [6, 6.07) is 10.9. The maximum atomic E-state index is 14.6. The molecular weight excluding hydrogens is 553 g/mol. The maximum Gasteiger partial charge on any atom is 0.243 e. The SMILES string of the molecule is C#Cc1cccc(C2(NCC(O)C3Cc4cc(F)cc(c4)OCCCCCC(=O)N(C)C(CCSC)C(=O)N3)CC2)c1. The molecule has 2 bridgehead atoms. The van der Waals surface area contributed by atoms with Gasteiger partial charge < -0.3 is 25.4 Å². The Morgan fingerprint density at radius 2 is 2.05 bits per heavy atom. The van der Waals surface area contributed by atoms with E-state index >= 15 is 0 Å². The molecule has 2 aromatic rings. The molecule has 1 aliphatic carbocycles. The van der Waals surface area contributed by atoms with Crippen LogP contribution in [-0.2, 0) is 21.5 Å². The first kappa shape index (κ1) is 31.9. The van der Waals surface area contributed by atoms with E-state index in [1.54, 1.807) is 24.9 Å². The number of rotatable bonds is 8. The van der Waals surface area contributed by atoms with E-state index in [2.05, 4.69) is 16.6 Å². The number of likely N-dealkylation sites (N-methyl/N-ethyl adjacent to an activating group) is 1. The van der Waals surface area contributed by atoms with E-state index in [9.17, 15) is 19.1 Å². The fourth-order valence-corrected chi connectivity index (χ4v) is 5.96. The lowest BCUT2D eigenvalue weighted by molar-refractivity contribution is -0.139. The molecule has 7 nitrogen and oxygen atoms in total. The average molecular weight is 596 g/mol. The number of benzene rings is 2. The number of hydrogen-bond donors (Lipinski definition) is 3. The first-order valence-corrected chi connectivity index (χ1v) is 16.1. The number of aliphatic hydroxyl groups is 1. The number of amides is 2. The van der Waals surface area contributed by atoms with Crippen LogP contribution in [0.15, 0.2) is 42.5 Å². The summed E-state index contributed by atoms with van der Waals surface area (Å²) in [7, 11) is 1.67. The largest absolute Gasteiger partial charge is 0.493 e. The van der Waals surface area contributed by atoms with Gasteiger partial charge in [-0.15, -0.1) is 6.42 Å². The number of fused-ring (bicyclic) bond motifs is 2. The topological polar surface area (TPSA) is 90.9 Å². The molecule has 1 aliphatic heterocycles. The predicted octanol–water partition coefficient (Wildman–Crippen LogP) is 4.01. The third-order valence-corrected chi connectivity index (χ3v) is 8.87. The van der Waals surface area contributed by atoms with Gasteiger partial charge in [-0.25, -0.2) is 4.39 Å². The molecule has 3 unspecified atom stereocenters. The number of carbonyl (C=O) groups excluding carboxylic acids is 2. The van der Waals surface area contributed by atoms with Crippen LogP contribution in [0.5, 0.6) is 5.75 Å². The molecule has 4 rings (SSSR count). The molecule has 42 heavy (non-hydrogen) atoms. The summed E-state index contributed by atoms with van der Waals surface area (Å²) in [6.45, 7) is 0.618. The van der Waals surface area contributed by atoms with Crippen molar-refractivity contribution in [1.29, 1.82) is 0 Å². The number of thioether (sulfide) groups is 1. The minimum atomic E-state index is -0.990. The van der Waals surface area contributed by atoms with Gasteiger partial charge >= 0.3 is 0 Å². The second-order valence-electron chi connectivity index (χ2n) is 11.3. The molecule has 9 heteroatoms. The molecule has 1 saturated carbocycles. The fraction of sp³-hybridized carbons (Fsp3) is 0.515. The first-order chi connectivity index (χ1) is 20.2. The van der Waals surface area contributed by atoms with Crippen LogP contribution < -0.4 is 15.4 Å². The van der Waals surface area contributed by atoms with Crippen molar-refractivity contribution in [2.24, 2.45) is 0 Å². The second kappa shape index (κ2) is 14.9. The quantitative estimate of drug-likeness (QED) is 0.400. The summed E-state index contributed by atoms with van der Waals surface area (Å²) in [5.41, 5.74) is 2.18. The van der Waals surface area contributed by atoms with Crippen LogP contribution in [0.3, 0.4) is 0 Å². The molecule has 226 valence electrons. The van der Waals surface area contributed by atoms with Gasteiger partial charge in [-0.3, -0.25) is 9.59 Å². The van der Waals surface area contributed by atoms with Crippen molar-refractivity contribution in [3.63, 3.8) is 0 Å². The van der Waals surface area contributed by atoms with E-state index in [-0.39, 0.29) is 30.3 Å². The maximum absolute atomic E-state index is 14.6. The smallest absolute Gasteiger partial charge is 0.243 e. The number of carbonyl (C=O) groups is 2. The Balaban J connectivity index is 1.58. The zero-order valence-corrected chi connectivity index (χ0v) is 25.4. The molecule has 2 aliphatic rings. The third kappa shape index (κ3) is 8.50. The molecule has 0 spiro atoms. The van der Waals surface area contributed by atoms with Crippen molar-refractivity contribution in [2.75, 3.05) is 32.2 Å². The Bertz CT molecular complexity index is 1280. The molecule has 3 N–H and O–H groups in total. The number of ether oxygens (including phenoxy) is 1. The summed E-state index contributed by atoms with van der Waals surface area (Å²) in [4.78, 5) is 28.3. The highest BCUT2D eigenvalue weighted by Crippen LogP contribution is 2.45. The lowest BCUT2D eigenvalue weighted by Crippen LogP contribution is -2.55. The molecule has 0 saturated heterocycles. The predicted molar refractivity (Wildman–Crippen MR) is 165 cm³/mol. The number of aliphatic hydroxyl groups excluding tert-OH is 1. The highest BCUT2D eigenvalue weighted by atomic mass is 32.2. The van der Waals surface area contributed by atoms with Crippen molar-refractivity contribution >= 4 is 23.6 Å². The normalized spacial score (nSPS) is 22.0. The summed E-state index contributed by atoms with van der Waals surface area (Å²) in [5.74, 6) is 2.94. The van der Waals surface area contributed by atoms with Crippen LogP contribution in [0.4, 0.5) is 4.39 Å². The Labute approximate surface area is 253 Å². The van der Waals surface area contributed by atoms with E-state index in [0.29, 0.717) is 42.9 Å². The number of halogens is 1. The second-order valence-corrected chi connectivity index (χ2v) is 12.3. The van der Waals surface area contributed by atoms with E-state index in [4.69, 9.17) is 11.2 Å². The van der Waals surface area contributed by atoms with Crippen LogP contribution in [-0.4, -0.2) is 72.2 Å². The Kier molecular flexibility index (Phi) is 11.3. The zero-order valence-electron chi connectivity index (χ0n) is 24.5. The van der Waals surface area contributed by atoms with Gasteiger partial charge in [0.2, 0.25) is 11.8 Å². The zero-order chi connectivity index (χ0) is 30.1. The van der Waals surface area contributed by atoms with Gasteiger partial charge in [0, 0.05) is 37.2 Å². The Morgan fingerprint density at radius 3 is 2.79 bits per heavy atom. The Morgan fingerprint density at radius 1 is 1.24 bits per heavy atom. The lowest BCUT2D eigenvalue weighted by Gasteiger charge is -2.32. The number of hydrogen-bond acceptors (Lipinski definition) is 6. The van der Waals surface area contributed by atoms with Crippen LogP contribution in [0, 0.1) is 18.2 Å². The summed E-state index contributed by atoms with van der Waals surface area (Å²) in [5, 5.41) is 18.0. The molecule has 1 fully saturated rings. The van der Waals surface area contributed by atoms with Crippen molar-refractivity contribution in [2.45, 2.75) is 75.1 Å². The minimum Gasteiger partial charge on any atom is -0.493 e. The average Bonchev–Trinajstić information content (AvgIpc) is 3.78. The van der Waals surface area contributed by atoms with Crippen molar-refractivity contribution < 1.29 is 23.8 Å². The highest BCUT2D eigenvalue weighted by Gasteiger charge is 2.44. The van der Waals surface area contributed by atoms with Gasteiger partial charge in [0.05, 0.1) is 18.8 Å². The number of nitrogens with zero attached hydrogens (tertiary/aromatic N) is 1. The standard InChI is InChI=1S/C33H42FN3O4S/c1-4-23-9-8-10-25(17-23)33(13-14-33)35-22-30(38)28-20-24-18-26(34)21-27(19-24)41-15-7-5-6-11-31(39)37(2)29(12-16-42-3)32(40)36-28/h1,8-10,17-19,21,28-30,35,38H,5-7,11-16,20,22H2,2-3H3,(H,36,40). The minimum absolute atomic E-state index is 0.0832. The highest BCUT2D eigenvalue weighted by molar-refractivity contribution is 7.98. The van der Waals surface area contributed by atoms with Gasteiger partial charge in [-0.1, -0.05) is 18.1 Å². The fourth-order valence-electron chi connectivity index (χ4n) is 5.50. The summed E-state index contributed by atoms with van der Waals surface area (Å²) in [6.07, 6.45) is 11.6. The van der Waals surface area contributed by atoms with E-state index in [1.807, 2.05) is 30.5 Å². The van der Waals surface area contributed by atoms with Crippen molar-refractivity contribution in [3.8, 4) is 18.1 Å². The number of nitrogens with one attached hydrogen (secondary N) is 2. The molecular formula is C33H42FN3O4S. The molecule has 2 aromatic carbocycles. The molecule has 2 amide bonds. The van der Waals surface area contributed by atoms with Crippen molar-refractivity contribution in [3.05, 3.63) is 65.0 Å². The van der Waals surface area contributed by atoms with Crippen molar-refractivity contribution in [1.82, 2.24) is 15.5 Å². The van der Waals surface area contributed by atoms with Gasteiger partial charge in [-0.05, 0) is 92.3 Å². The van der Waals surface area contributed by atoms with Crippen LogP contribution in [0.1, 0.15) is 61.6 Å². The van der Waals surface area contributed by atoms with Gasteiger partial charge in [-0.2, -0.15) is 11.8 Å².